The highest BCUT2D eigenvalue weighted by atomic mass is 16.5. The van der Waals surface area contributed by atoms with Gasteiger partial charge in [0, 0.05) is 18.3 Å². The van der Waals surface area contributed by atoms with E-state index in [1.807, 2.05) is 37.4 Å². The number of ether oxygens (including phenoxy) is 1. The summed E-state index contributed by atoms with van der Waals surface area (Å²) in [6.07, 6.45) is 1.93. The molecule has 2 heterocycles. The molecule has 0 aliphatic carbocycles. The highest BCUT2D eigenvalue weighted by Crippen LogP contribution is 2.25. The maximum Gasteiger partial charge on any atom is 0.135 e. The van der Waals surface area contributed by atoms with Crippen LogP contribution in [-0.4, -0.2) is 17.1 Å². The van der Waals surface area contributed by atoms with Gasteiger partial charge in [0.25, 0.3) is 0 Å². The van der Waals surface area contributed by atoms with Gasteiger partial charge in [0.15, 0.2) is 0 Å². The van der Waals surface area contributed by atoms with E-state index in [9.17, 15) is 0 Å². The van der Waals surface area contributed by atoms with Crippen LogP contribution in [0.3, 0.4) is 0 Å². The quantitative estimate of drug-likeness (QED) is 0.860. The van der Waals surface area contributed by atoms with Crippen molar-refractivity contribution in [3.05, 3.63) is 47.4 Å². The minimum absolute atomic E-state index is 0.0627. The van der Waals surface area contributed by atoms with Crippen molar-refractivity contribution in [3.63, 3.8) is 0 Å². The fourth-order valence-electron chi connectivity index (χ4n) is 2.15. The van der Waals surface area contributed by atoms with Crippen LogP contribution in [0.4, 0.5) is 5.82 Å². The summed E-state index contributed by atoms with van der Waals surface area (Å²) < 4.78 is 5.17. The Morgan fingerprint density at radius 1 is 1.26 bits per heavy atom. The van der Waals surface area contributed by atoms with Crippen molar-refractivity contribution >= 4 is 5.82 Å². The number of nitrogens with zero attached hydrogens (tertiary/aromatic N) is 2. The third-order valence-corrected chi connectivity index (χ3v) is 3.21. The molecule has 1 aromatic heterocycles. The van der Waals surface area contributed by atoms with Gasteiger partial charge in [-0.2, -0.15) is 0 Å². The molecule has 0 amide bonds. The van der Waals surface area contributed by atoms with Crippen LogP contribution in [-0.2, 0) is 6.54 Å². The molecule has 98 valence electrons. The zero-order valence-corrected chi connectivity index (χ0v) is 11.0. The van der Waals surface area contributed by atoms with Gasteiger partial charge in [-0.25, -0.2) is 9.97 Å². The number of anilines is 1. The summed E-state index contributed by atoms with van der Waals surface area (Å²) in [5, 5.41) is 6.81. The second kappa shape index (κ2) is 4.85. The highest BCUT2D eigenvalue weighted by Gasteiger charge is 2.19. The maximum atomic E-state index is 5.17. The molecular formula is C14H16N4O. The van der Waals surface area contributed by atoms with E-state index < -0.39 is 0 Å². The smallest absolute Gasteiger partial charge is 0.135 e. The molecule has 3 rings (SSSR count). The van der Waals surface area contributed by atoms with Crippen molar-refractivity contribution in [1.29, 1.82) is 0 Å². The minimum Gasteiger partial charge on any atom is -0.497 e. The Kier molecular flexibility index (Phi) is 3.05. The Bertz CT molecular complexity index is 582. The molecular weight excluding hydrogens is 240 g/mol. The predicted octanol–water partition coefficient (Wildman–Crippen LogP) is 2.01. The van der Waals surface area contributed by atoms with Gasteiger partial charge in [-0.1, -0.05) is 12.1 Å². The zero-order chi connectivity index (χ0) is 13.2. The second-order valence-electron chi connectivity index (χ2n) is 4.52. The highest BCUT2D eigenvalue weighted by molar-refractivity contribution is 5.47. The average molecular weight is 256 g/mol. The van der Waals surface area contributed by atoms with E-state index in [-0.39, 0.29) is 6.17 Å². The van der Waals surface area contributed by atoms with Gasteiger partial charge in [-0.3, -0.25) is 5.32 Å². The number of hydrogen-bond donors (Lipinski definition) is 2. The Balaban J connectivity index is 1.84. The van der Waals surface area contributed by atoms with E-state index in [1.54, 1.807) is 7.11 Å². The standard InChI is InChI=1S/C14H16N4O/c1-9-15-7-11-8-16-13(18-14(11)17-9)10-3-5-12(19-2)6-4-10/h3-7,13,16H,8H2,1-2H3,(H,15,17,18)/t13-/m1/s1. The zero-order valence-electron chi connectivity index (χ0n) is 11.0. The third-order valence-electron chi connectivity index (χ3n) is 3.21. The van der Waals surface area contributed by atoms with Gasteiger partial charge >= 0.3 is 0 Å². The Morgan fingerprint density at radius 3 is 2.79 bits per heavy atom. The average Bonchev–Trinajstić information content (AvgIpc) is 2.46. The van der Waals surface area contributed by atoms with E-state index in [4.69, 9.17) is 4.74 Å². The topological polar surface area (TPSA) is 59.1 Å². The van der Waals surface area contributed by atoms with Gasteiger partial charge in [-0.15, -0.1) is 0 Å². The summed E-state index contributed by atoms with van der Waals surface area (Å²) in [7, 11) is 1.67. The molecule has 1 atom stereocenters. The third kappa shape index (κ3) is 2.37. The Morgan fingerprint density at radius 2 is 2.05 bits per heavy atom. The lowest BCUT2D eigenvalue weighted by atomic mass is 10.1. The molecule has 0 saturated heterocycles. The van der Waals surface area contributed by atoms with Gasteiger partial charge in [-0.05, 0) is 24.6 Å². The first-order valence-electron chi connectivity index (χ1n) is 6.22. The van der Waals surface area contributed by atoms with Crippen LogP contribution < -0.4 is 15.4 Å². The molecule has 0 fully saturated rings. The number of fused-ring (bicyclic) bond motifs is 1. The van der Waals surface area contributed by atoms with Crippen LogP contribution in [0.5, 0.6) is 5.75 Å². The van der Waals surface area contributed by atoms with E-state index in [2.05, 4.69) is 20.6 Å². The van der Waals surface area contributed by atoms with E-state index in [0.29, 0.717) is 0 Å². The van der Waals surface area contributed by atoms with Crippen molar-refractivity contribution in [2.75, 3.05) is 12.4 Å². The molecule has 1 aromatic carbocycles. The van der Waals surface area contributed by atoms with E-state index in [1.165, 1.54) is 0 Å². The molecule has 5 heteroatoms. The molecule has 2 aromatic rings. The van der Waals surface area contributed by atoms with Gasteiger partial charge in [0.05, 0.1) is 7.11 Å². The van der Waals surface area contributed by atoms with Gasteiger partial charge in [0.1, 0.15) is 23.6 Å². The Labute approximate surface area is 112 Å². The fourth-order valence-corrected chi connectivity index (χ4v) is 2.15. The molecule has 1 aliphatic rings. The number of nitrogens with one attached hydrogen (secondary N) is 2. The molecule has 0 unspecified atom stereocenters. The summed E-state index contributed by atoms with van der Waals surface area (Å²) in [5.41, 5.74) is 2.25. The molecule has 1 aliphatic heterocycles. The van der Waals surface area contributed by atoms with E-state index >= 15 is 0 Å². The summed E-state index contributed by atoms with van der Waals surface area (Å²) >= 11 is 0. The molecule has 0 radical (unpaired) electrons. The molecule has 0 bridgehead atoms. The lowest BCUT2D eigenvalue weighted by Gasteiger charge is -2.27. The first-order chi connectivity index (χ1) is 9.26. The van der Waals surface area contributed by atoms with Crippen LogP contribution in [0.2, 0.25) is 0 Å². The molecule has 0 spiro atoms. The van der Waals surface area contributed by atoms with Crippen molar-refractivity contribution in [2.45, 2.75) is 19.6 Å². The normalized spacial score (nSPS) is 17.5. The monoisotopic (exact) mass is 256 g/mol. The number of aryl methyl sites for hydroxylation is 1. The SMILES string of the molecule is COc1ccc([C@@H]2NCc3cnc(C)nc3N2)cc1. The molecule has 19 heavy (non-hydrogen) atoms. The molecule has 5 nitrogen and oxygen atoms in total. The van der Waals surface area contributed by atoms with Crippen LogP contribution in [0.15, 0.2) is 30.5 Å². The largest absolute Gasteiger partial charge is 0.497 e. The van der Waals surface area contributed by atoms with Gasteiger partial charge < -0.3 is 10.1 Å². The van der Waals surface area contributed by atoms with Crippen LogP contribution >= 0.6 is 0 Å². The number of aromatic nitrogens is 2. The summed E-state index contributed by atoms with van der Waals surface area (Å²) in [4.78, 5) is 8.64. The lowest BCUT2D eigenvalue weighted by molar-refractivity contribution is 0.414. The number of rotatable bonds is 2. The fraction of sp³-hybridized carbons (Fsp3) is 0.286. The number of benzene rings is 1. The first kappa shape index (κ1) is 11.9. The van der Waals surface area contributed by atoms with Crippen LogP contribution in [0, 0.1) is 6.92 Å². The van der Waals surface area contributed by atoms with Gasteiger partial charge in [0.2, 0.25) is 0 Å². The first-order valence-corrected chi connectivity index (χ1v) is 6.22. The number of hydrogen-bond acceptors (Lipinski definition) is 5. The van der Waals surface area contributed by atoms with Crippen LogP contribution in [0.25, 0.3) is 0 Å². The number of methoxy groups -OCH3 is 1. The van der Waals surface area contributed by atoms with Crippen molar-refractivity contribution in [3.8, 4) is 5.75 Å². The second-order valence-corrected chi connectivity index (χ2v) is 4.52. The molecule has 0 saturated carbocycles. The summed E-state index contributed by atoms with van der Waals surface area (Å²) in [5.74, 6) is 2.55. The maximum absolute atomic E-state index is 5.17. The minimum atomic E-state index is 0.0627. The lowest BCUT2D eigenvalue weighted by Crippen LogP contribution is -2.33. The summed E-state index contributed by atoms with van der Waals surface area (Å²) in [6.45, 7) is 2.66. The van der Waals surface area contributed by atoms with E-state index in [0.717, 1.165) is 35.1 Å². The molecule has 2 N–H and O–H groups in total. The van der Waals surface area contributed by atoms with Crippen molar-refractivity contribution in [2.24, 2.45) is 0 Å². The van der Waals surface area contributed by atoms with Crippen molar-refractivity contribution in [1.82, 2.24) is 15.3 Å². The van der Waals surface area contributed by atoms with Crippen molar-refractivity contribution < 1.29 is 4.74 Å². The predicted molar refractivity (Wildman–Crippen MR) is 73.0 cm³/mol. The Hall–Kier alpha value is -2.14. The summed E-state index contributed by atoms with van der Waals surface area (Å²) in [6, 6.07) is 8.00. The van der Waals surface area contributed by atoms with Crippen LogP contribution in [0.1, 0.15) is 23.1 Å².